The van der Waals surface area contributed by atoms with Crippen molar-refractivity contribution in [2.45, 2.75) is 24.5 Å². The van der Waals surface area contributed by atoms with Gasteiger partial charge in [-0.1, -0.05) is 30.4 Å². The van der Waals surface area contributed by atoms with Crippen molar-refractivity contribution < 1.29 is 19.1 Å². The van der Waals surface area contributed by atoms with Crippen LogP contribution in [0.3, 0.4) is 0 Å². The highest BCUT2D eigenvalue weighted by molar-refractivity contribution is 5.93. The summed E-state index contributed by atoms with van der Waals surface area (Å²) in [6, 6.07) is 8.18. The zero-order valence-corrected chi connectivity index (χ0v) is 17.1. The zero-order chi connectivity index (χ0) is 20.7. The molecule has 0 radical (unpaired) electrons. The summed E-state index contributed by atoms with van der Waals surface area (Å²) in [5, 5.41) is 4.14. The summed E-state index contributed by atoms with van der Waals surface area (Å²) in [5.74, 6) is -0.959. The smallest absolute Gasteiger partial charge is 0.230 e. The van der Waals surface area contributed by atoms with Gasteiger partial charge in [0.15, 0.2) is 0 Å². The fourth-order valence-electron chi connectivity index (χ4n) is 5.21. The number of ether oxygens (including phenoxy) is 2. The highest BCUT2D eigenvalue weighted by atomic mass is 16.5. The van der Waals surface area contributed by atoms with Crippen molar-refractivity contribution in [3.8, 4) is 0 Å². The van der Waals surface area contributed by atoms with Crippen LogP contribution in [0.15, 0.2) is 42.6 Å². The van der Waals surface area contributed by atoms with Crippen molar-refractivity contribution in [3.63, 3.8) is 0 Å². The summed E-state index contributed by atoms with van der Waals surface area (Å²) < 4.78 is 11.2. The average molecular weight is 409 g/mol. The zero-order valence-electron chi connectivity index (χ0n) is 17.1. The summed E-state index contributed by atoms with van der Waals surface area (Å²) in [5.41, 5.74) is 1.64. The first-order valence-electron chi connectivity index (χ1n) is 10.6. The van der Waals surface area contributed by atoms with Gasteiger partial charge in [-0.05, 0) is 24.5 Å². The van der Waals surface area contributed by atoms with Crippen LogP contribution >= 0.6 is 0 Å². The van der Waals surface area contributed by atoms with Crippen LogP contribution in [0.4, 0.5) is 0 Å². The largest absolute Gasteiger partial charge is 0.385 e. The third-order valence-corrected chi connectivity index (χ3v) is 6.63. The fraction of sp³-hybridized carbons (Fsp3) is 0.478. The van der Waals surface area contributed by atoms with E-state index in [0.717, 1.165) is 18.4 Å². The number of hydrogen-bond donors (Lipinski definition) is 2. The molecule has 1 spiro atoms. The number of fused-ring (bicyclic) bond motifs is 2. The van der Waals surface area contributed by atoms with E-state index < -0.39 is 17.4 Å². The van der Waals surface area contributed by atoms with Gasteiger partial charge in [-0.15, -0.1) is 0 Å². The SMILES string of the molecule is COCCCNC(=O)[C@H]1[C@@H]2C=C[C@]3(CN(CCc4c[nH]c5ccccc45)C(=O)[C@H]13)O2. The van der Waals surface area contributed by atoms with E-state index in [1.54, 1.807) is 7.11 Å². The van der Waals surface area contributed by atoms with Gasteiger partial charge in [0.25, 0.3) is 0 Å². The molecule has 1 aromatic carbocycles. The number of rotatable bonds is 8. The lowest BCUT2D eigenvalue weighted by molar-refractivity contribution is -0.137. The summed E-state index contributed by atoms with van der Waals surface area (Å²) >= 11 is 0. The molecule has 0 saturated carbocycles. The minimum atomic E-state index is -0.656. The molecule has 7 heteroatoms. The predicted molar refractivity (Wildman–Crippen MR) is 112 cm³/mol. The van der Waals surface area contributed by atoms with Crippen LogP contribution < -0.4 is 5.32 Å². The van der Waals surface area contributed by atoms with Gasteiger partial charge in [0.1, 0.15) is 5.60 Å². The number of amides is 2. The molecule has 1 aromatic heterocycles. The van der Waals surface area contributed by atoms with Crippen molar-refractivity contribution in [1.29, 1.82) is 0 Å². The van der Waals surface area contributed by atoms with E-state index in [4.69, 9.17) is 9.47 Å². The van der Waals surface area contributed by atoms with Gasteiger partial charge in [0.05, 0.1) is 24.5 Å². The Morgan fingerprint density at radius 1 is 1.40 bits per heavy atom. The summed E-state index contributed by atoms with van der Waals surface area (Å²) in [6.07, 6.45) is 7.17. The van der Waals surface area contributed by atoms with Crippen molar-refractivity contribution in [2.75, 3.05) is 33.4 Å². The molecule has 2 saturated heterocycles. The molecule has 2 N–H and O–H groups in total. The second kappa shape index (κ2) is 7.56. The number of nitrogens with zero attached hydrogens (tertiary/aromatic N) is 1. The summed E-state index contributed by atoms with van der Waals surface area (Å²) in [6.45, 7) is 2.26. The Morgan fingerprint density at radius 3 is 3.13 bits per heavy atom. The van der Waals surface area contributed by atoms with Gasteiger partial charge in [-0.25, -0.2) is 0 Å². The van der Waals surface area contributed by atoms with Gasteiger partial charge in [-0.3, -0.25) is 9.59 Å². The molecule has 2 fully saturated rings. The number of H-pyrrole nitrogens is 1. The van der Waals surface area contributed by atoms with E-state index in [9.17, 15) is 9.59 Å². The molecule has 0 unspecified atom stereocenters. The third kappa shape index (κ3) is 3.04. The lowest BCUT2D eigenvalue weighted by Crippen LogP contribution is -2.44. The second-order valence-corrected chi connectivity index (χ2v) is 8.41. The molecule has 4 atom stereocenters. The van der Waals surface area contributed by atoms with Crippen LogP contribution in [0.1, 0.15) is 12.0 Å². The van der Waals surface area contributed by atoms with E-state index in [-0.39, 0.29) is 17.9 Å². The number of aromatic amines is 1. The Labute approximate surface area is 175 Å². The molecule has 2 bridgehead atoms. The monoisotopic (exact) mass is 409 g/mol. The average Bonchev–Trinajstić information content (AvgIpc) is 3.49. The molecule has 0 aliphatic carbocycles. The Kier molecular flexibility index (Phi) is 4.87. The van der Waals surface area contributed by atoms with E-state index in [1.807, 2.05) is 35.4 Å². The third-order valence-electron chi connectivity index (χ3n) is 6.63. The summed E-state index contributed by atoms with van der Waals surface area (Å²) in [7, 11) is 1.64. The first-order valence-corrected chi connectivity index (χ1v) is 10.6. The van der Waals surface area contributed by atoms with Crippen molar-refractivity contribution in [1.82, 2.24) is 15.2 Å². The Morgan fingerprint density at radius 2 is 2.27 bits per heavy atom. The van der Waals surface area contributed by atoms with Crippen LogP contribution in [-0.4, -0.2) is 66.8 Å². The number of carbonyl (C=O) groups is 2. The number of carbonyl (C=O) groups excluding carboxylic acids is 2. The number of likely N-dealkylation sites (tertiary alicyclic amines) is 1. The number of methoxy groups -OCH3 is 1. The molecular weight excluding hydrogens is 382 g/mol. The highest BCUT2D eigenvalue weighted by Gasteiger charge is 2.66. The molecule has 5 rings (SSSR count). The van der Waals surface area contributed by atoms with Gasteiger partial charge < -0.3 is 24.7 Å². The Balaban J connectivity index is 1.27. The maximum Gasteiger partial charge on any atom is 0.230 e. The van der Waals surface area contributed by atoms with Gasteiger partial charge >= 0.3 is 0 Å². The lowest BCUT2D eigenvalue weighted by atomic mass is 9.77. The molecular formula is C23H27N3O4. The predicted octanol–water partition coefficient (Wildman–Crippen LogP) is 1.65. The number of para-hydroxylation sites is 1. The Bertz CT molecular complexity index is 999. The lowest BCUT2D eigenvalue weighted by Gasteiger charge is -2.23. The number of aromatic nitrogens is 1. The van der Waals surface area contributed by atoms with E-state index in [2.05, 4.69) is 22.4 Å². The number of benzene rings is 1. The second-order valence-electron chi connectivity index (χ2n) is 8.41. The summed E-state index contributed by atoms with van der Waals surface area (Å²) in [4.78, 5) is 31.3. The minimum Gasteiger partial charge on any atom is -0.385 e. The first kappa shape index (κ1) is 19.3. The highest BCUT2D eigenvalue weighted by Crippen LogP contribution is 2.51. The van der Waals surface area contributed by atoms with Gasteiger partial charge in [-0.2, -0.15) is 0 Å². The van der Waals surface area contributed by atoms with E-state index >= 15 is 0 Å². The first-order chi connectivity index (χ1) is 14.6. The quantitative estimate of drug-likeness (QED) is 0.513. The van der Waals surface area contributed by atoms with Crippen LogP contribution in [0.5, 0.6) is 0 Å². The minimum absolute atomic E-state index is 0.0266. The van der Waals surface area contributed by atoms with Crippen molar-refractivity contribution in [2.24, 2.45) is 11.8 Å². The van der Waals surface area contributed by atoms with Gasteiger partial charge in [0, 0.05) is 43.9 Å². The molecule has 3 aliphatic heterocycles. The van der Waals surface area contributed by atoms with E-state index in [0.29, 0.717) is 26.2 Å². The molecule has 3 aliphatic rings. The van der Waals surface area contributed by atoms with Crippen LogP contribution in [0.2, 0.25) is 0 Å². The maximum atomic E-state index is 13.3. The molecule has 30 heavy (non-hydrogen) atoms. The Hall–Kier alpha value is -2.64. The molecule has 2 aromatic rings. The van der Waals surface area contributed by atoms with Crippen LogP contribution in [0, 0.1) is 11.8 Å². The number of nitrogens with one attached hydrogen (secondary N) is 2. The van der Waals surface area contributed by atoms with Crippen molar-refractivity contribution in [3.05, 3.63) is 48.2 Å². The number of hydrogen-bond acceptors (Lipinski definition) is 4. The van der Waals surface area contributed by atoms with Gasteiger partial charge in [0.2, 0.25) is 11.8 Å². The van der Waals surface area contributed by atoms with Crippen LogP contribution in [0.25, 0.3) is 10.9 Å². The standard InChI is InChI=1S/C23H27N3O4/c1-29-12-4-10-24-21(27)19-18-7-9-23(30-18)14-26(22(28)20(19)23)11-8-15-13-25-17-6-3-2-5-16(15)17/h2-3,5-7,9,13,18-20,25H,4,8,10-12,14H2,1H3,(H,24,27)/t18-,19-,20-,23+/m0/s1. The van der Waals surface area contributed by atoms with Crippen molar-refractivity contribution >= 4 is 22.7 Å². The molecule has 2 amide bonds. The molecule has 4 heterocycles. The topological polar surface area (TPSA) is 83.7 Å². The maximum absolute atomic E-state index is 13.3. The van der Waals surface area contributed by atoms with E-state index in [1.165, 1.54) is 10.9 Å². The normalized spacial score (nSPS) is 29.2. The molecule has 158 valence electrons. The molecule has 7 nitrogen and oxygen atoms in total. The van der Waals surface area contributed by atoms with Crippen LogP contribution in [-0.2, 0) is 25.5 Å². The fourth-order valence-corrected chi connectivity index (χ4v) is 5.21.